The Balaban J connectivity index is 1.19. The first-order valence-electron chi connectivity index (χ1n) is 16.7. The molecule has 0 amide bonds. The van der Waals surface area contributed by atoms with Crippen LogP contribution in [0.3, 0.4) is 0 Å². The van der Waals surface area contributed by atoms with Gasteiger partial charge in [-0.3, -0.25) is 14.8 Å². The van der Waals surface area contributed by atoms with Crippen LogP contribution in [-0.2, 0) is 6.42 Å². The number of hydrogen-bond acceptors (Lipinski definition) is 6. The van der Waals surface area contributed by atoms with Crippen LogP contribution in [0.4, 0.5) is 21.5 Å². The largest absolute Gasteiger partial charge is 0.369 e. The van der Waals surface area contributed by atoms with E-state index >= 15 is 4.39 Å². The highest BCUT2D eigenvalue weighted by Crippen LogP contribution is 2.41. The summed E-state index contributed by atoms with van der Waals surface area (Å²) in [7, 11) is 1.99. The molecule has 0 unspecified atom stereocenters. The van der Waals surface area contributed by atoms with Gasteiger partial charge in [0.15, 0.2) is 0 Å². The van der Waals surface area contributed by atoms with Crippen LogP contribution in [0.25, 0.3) is 10.9 Å². The summed E-state index contributed by atoms with van der Waals surface area (Å²) in [6.07, 6.45) is 7.91. The fourth-order valence-corrected chi connectivity index (χ4v) is 7.69. The van der Waals surface area contributed by atoms with Crippen molar-refractivity contribution in [1.29, 1.82) is 0 Å². The second-order valence-electron chi connectivity index (χ2n) is 13.1. The lowest BCUT2D eigenvalue weighted by Crippen LogP contribution is -2.56. The zero-order valence-corrected chi connectivity index (χ0v) is 27.1. The zero-order chi connectivity index (χ0) is 30.1. The lowest BCUT2D eigenvalue weighted by Gasteiger charge is -2.46. The number of halogens is 1. The number of benzene rings is 2. The van der Waals surface area contributed by atoms with Crippen LogP contribution in [-0.4, -0.2) is 97.7 Å². The van der Waals surface area contributed by atoms with Gasteiger partial charge < -0.3 is 14.7 Å². The van der Waals surface area contributed by atoms with E-state index in [9.17, 15) is 0 Å². The summed E-state index contributed by atoms with van der Waals surface area (Å²) in [5.74, 6) is -0.148. The quantitative estimate of drug-likeness (QED) is 0.319. The first-order chi connectivity index (χ1) is 20.9. The maximum Gasteiger partial charge on any atom is 0.149 e. The fraction of sp³-hybridized carbons (Fsp3) is 0.583. The molecule has 232 valence electrons. The molecule has 0 aliphatic carbocycles. The van der Waals surface area contributed by atoms with Crippen molar-refractivity contribution < 1.29 is 4.39 Å². The number of aromatic nitrogens is 1. The lowest BCUT2D eigenvalue weighted by atomic mass is 9.98. The molecule has 4 heterocycles. The van der Waals surface area contributed by atoms with Gasteiger partial charge in [0.25, 0.3) is 0 Å². The van der Waals surface area contributed by atoms with E-state index in [1.165, 1.54) is 75.3 Å². The van der Waals surface area contributed by atoms with Gasteiger partial charge >= 0.3 is 0 Å². The molecule has 0 N–H and O–H groups in total. The molecule has 3 aliphatic heterocycles. The number of piperidine rings is 2. The number of pyridine rings is 1. The van der Waals surface area contributed by atoms with Crippen molar-refractivity contribution in [3.05, 3.63) is 59.0 Å². The van der Waals surface area contributed by atoms with Gasteiger partial charge in [0.1, 0.15) is 5.82 Å². The summed E-state index contributed by atoms with van der Waals surface area (Å²) in [5.41, 5.74) is 6.77. The van der Waals surface area contributed by atoms with Crippen molar-refractivity contribution in [2.24, 2.45) is 0 Å². The summed E-state index contributed by atoms with van der Waals surface area (Å²) in [4.78, 5) is 17.6. The summed E-state index contributed by atoms with van der Waals surface area (Å²) in [5, 5.41) is 1.18. The molecule has 3 saturated heterocycles. The molecule has 6 rings (SSSR count). The van der Waals surface area contributed by atoms with Crippen molar-refractivity contribution in [3.8, 4) is 0 Å². The van der Waals surface area contributed by atoms with E-state index < -0.39 is 0 Å². The summed E-state index contributed by atoms with van der Waals surface area (Å²) in [6.45, 7) is 18.9. The molecule has 2 aromatic carbocycles. The average molecular weight is 587 g/mol. The van der Waals surface area contributed by atoms with E-state index in [0.717, 1.165) is 55.2 Å². The average Bonchev–Trinajstić information content (AvgIpc) is 3.06. The van der Waals surface area contributed by atoms with E-state index in [2.05, 4.69) is 51.6 Å². The number of aryl methyl sites for hydroxylation is 2. The third-order valence-corrected chi connectivity index (χ3v) is 10.8. The topological polar surface area (TPSA) is 29.1 Å². The zero-order valence-electron chi connectivity index (χ0n) is 27.1. The molecule has 43 heavy (non-hydrogen) atoms. The minimum Gasteiger partial charge on any atom is -0.369 e. The van der Waals surface area contributed by atoms with Gasteiger partial charge in [0, 0.05) is 63.8 Å². The lowest BCUT2D eigenvalue weighted by molar-refractivity contribution is 0.0384. The number of rotatable bonds is 7. The van der Waals surface area contributed by atoms with E-state index in [1.807, 2.05) is 44.1 Å². The number of nitrogens with zero attached hydrogens (tertiary/aromatic N) is 6. The van der Waals surface area contributed by atoms with Gasteiger partial charge in [0.05, 0.1) is 28.8 Å². The molecule has 1 aromatic heterocycles. The second kappa shape index (κ2) is 13.1. The number of anilines is 3. The van der Waals surface area contributed by atoms with E-state index in [0.29, 0.717) is 17.3 Å². The predicted molar refractivity (Wildman–Crippen MR) is 179 cm³/mol. The van der Waals surface area contributed by atoms with Crippen LogP contribution in [0, 0.1) is 19.7 Å². The highest BCUT2D eigenvalue weighted by atomic mass is 19.1. The normalized spacial score (nSPS) is 20.3. The van der Waals surface area contributed by atoms with Gasteiger partial charge in [-0.1, -0.05) is 26.0 Å². The highest BCUT2D eigenvalue weighted by molar-refractivity contribution is 6.00. The van der Waals surface area contributed by atoms with Crippen LogP contribution in [0.5, 0.6) is 0 Å². The molecule has 0 bridgehead atoms. The second-order valence-corrected chi connectivity index (χ2v) is 13.1. The van der Waals surface area contributed by atoms with E-state index in [1.54, 1.807) is 0 Å². The monoisotopic (exact) mass is 586 g/mol. The molecule has 0 radical (unpaired) electrons. The van der Waals surface area contributed by atoms with Crippen molar-refractivity contribution in [2.75, 3.05) is 75.8 Å². The maximum absolute atomic E-state index is 15.6. The fourth-order valence-electron chi connectivity index (χ4n) is 7.69. The SMILES string of the molecule is CCc1ccc2ncc(N(C)c3ccc(C)c(C)c3F)c(N3CCC(N4CCN(C5CCN(CC)CC5)CC4)CC3)c2c1. The molecule has 3 aromatic rings. The van der Waals surface area contributed by atoms with Crippen LogP contribution < -0.4 is 9.80 Å². The molecule has 0 atom stereocenters. The molecule has 0 spiro atoms. The van der Waals surface area contributed by atoms with Gasteiger partial charge in [-0.25, -0.2) is 4.39 Å². The van der Waals surface area contributed by atoms with Gasteiger partial charge in [0.2, 0.25) is 0 Å². The number of hydrogen-bond donors (Lipinski definition) is 0. The third-order valence-electron chi connectivity index (χ3n) is 10.8. The Kier molecular flexibility index (Phi) is 9.22. The molecule has 6 nitrogen and oxygen atoms in total. The highest BCUT2D eigenvalue weighted by Gasteiger charge is 2.32. The third kappa shape index (κ3) is 6.13. The Morgan fingerprint density at radius 1 is 0.814 bits per heavy atom. The molecular formula is C36H51FN6. The number of likely N-dealkylation sites (tertiary alicyclic amines) is 1. The Bertz CT molecular complexity index is 1400. The minimum absolute atomic E-state index is 0.148. The van der Waals surface area contributed by atoms with Gasteiger partial charge in [-0.15, -0.1) is 0 Å². The van der Waals surface area contributed by atoms with Crippen molar-refractivity contribution >= 4 is 28.0 Å². The Hall–Kier alpha value is -2.74. The van der Waals surface area contributed by atoms with E-state index in [-0.39, 0.29) is 5.82 Å². The maximum atomic E-state index is 15.6. The number of piperazine rings is 1. The molecule has 7 heteroatoms. The Morgan fingerprint density at radius 2 is 1.44 bits per heavy atom. The van der Waals surface area contributed by atoms with Crippen LogP contribution in [0.1, 0.15) is 56.2 Å². The Morgan fingerprint density at radius 3 is 2.05 bits per heavy atom. The summed E-state index contributed by atoms with van der Waals surface area (Å²) < 4.78 is 15.6. The summed E-state index contributed by atoms with van der Waals surface area (Å²) >= 11 is 0. The first-order valence-corrected chi connectivity index (χ1v) is 16.7. The van der Waals surface area contributed by atoms with Crippen molar-refractivity contribution in [2.45, 2.75) is 71.9 Å². The van der Waals surface area contributed by atoms with Gasteiger partial charge in [-0.2, -0.15) is 0 Å². The van der Waals surface area contributed by atoms with Gasteiger partial charge in [-0.05, 0) is 100 Å². The number of fused-ring (bicyclic) bond motifs is 1. The van der Waals surface area contributed by atoms with Crippen molar-refractivity contribution in [3.63, 3.8) is 0 Å². The molecule has 3 fully saturated rings. The Labute approximate surface area is 258 Å². The van der Waals surface area contributed by atoms with Crippen molar-refractivity contribution in [1.82, 2.24) is 19.7 Å². The molecule has 3 aliphatic rings. The predicted octanol–water partition coefficient (Wildman–Crippen LogP) is 6.39. The van der Waals surface area contributed by atoms with Crippen LogP contribution >= 0.6 is 0 Å². The smallest absolute Gasteiger partial charge is 0.149 e. The standard InChI is InChI=1S/C36H51FN6/c1-6-28-9-10-32-31(24-28)36(34(25-38-32)39(5)33-11-8-26(3)27(4)35(33)37)43-18-14-30(15-19-43)42-22-20-41(21-23-42)29-12-16-40(7-2)17-13-29/h8-11,24-25,29-30H,6-7,12-23H2,1-5H3. The van der Waals surface area contributed by atoms with Crippen LogP contribution in [0.2, 0.25) is 0 Å². The first kappa shape index (κ1) is 30.3. The van der Waals surface area contributed by atoms with Crippen LogP contribution in [0.15, 0.2) is 36.5 Å². The summed E-state index contributed by atoms with van der Waals surface area (Å²) in [6, 6.07) is 12.0. The van der Waals surface area contributed by atoms with E-state index in [4.69, 9.17) is 4.98 Å². The molecule has 0 saturated carbocycles. The molecular weight excluding hydrogens is 535 g/mol. The minimum atomic E-state index is -0.148.